The predicted molar refractivity (Wildman–Crippen MR) is 77.3 cm³/mol. The molecule has 4 heteroatoms. The summed E-state index contributed by atoms with van der Waals surface area (Å²) in [5.41, 5.74) is 5.36. The van der Waals surface area contributed by atoms with Gasteiger partial charge >= 0.3 is 0 Å². The minimum atomic E-state index is 0.913. The Labute approximate surface area is 113 Å². The maximum absolute atomic E-state index is 4.28. The van der Waals surface area contributed by atoms with Crippen LogP contribution in [0, 0.1) is 6.92 Å². The zero-order valence-electron chi connectivity index (χ0n) is 11.3. The maximum atomic E-state index is 4.28. The molecular weight excluding hydrogens is 236 g/mol. The minimum Gasteiger partial charge on any atom is -0.384 e. The Kier molecular flexibility index (Phi) is 3.51. The van der Waals surface area contributed by atoms with Gasteiger partial charge < -0.3 is 10.6 Å². The molecule has 1 aromatic carbocycles. The van der Waals surface area contributed by atoms with Gasteiger partial charge in [0.2, 0.25) is 0 Å². The van der Waals surface area contributed by atoms with Crippen molar-refractivity contribution in [2.24, 2.45) is 0 Å². The van der Waals surface area contributed by atoms with Crippen molar-refractivity contribution in [3.05, 3.63) is 47.3 Å². The van der Waals surface area contributed by atoms with Gasteiger partial charge in [0, 0.05) is 31.5 Å². The van der Waals surface area contributed by atoms with Crippen LogP contribution in [-0.4, -0.2) is 22.9 Å². The first-order chi connectivity index (χ1) is 9.33. The summed E-state index contributed by atoms with van der Waals surface area (Å²) in [5.74, 6) is 0. The Hall–Kier alpha value is -1.81. The smallest absolute Gasteiger partial charge is 0.0534 e. The van der Waals surface area contributed by atoms with Crippen LogP contribution >= 0.6 is 0 Å². The third kappa shape index (κ3) is 2.79. The van der Waals surface area contributed by atoms with Gasteiger partial charge in [-0.05, 0) is 30.0 Å². The van der Waals surface area contributed by atoms with E-state index < -0.39 is 0 Å². The highest BCUT2D eigenvalue weighted by Gasteiger charge is 2.12. The highest BCUT2D eigenvalue weighted by Crippen LogP contribution is 2.25. The summed E-state index contributed by atoms with van der Waals surface area (Å²) in [6.45, 7) is 5.90. The molecule has 0 saturated heterocycles. The molecule has 0 fully saturated rings. The zero-order chi connectivity index (χ0) is 13.1. The summed E-state index contributed by atoms with van der Waals surface area (Å²) in [6, 6.07) is 6.56. The summed E-state index contributed by atoms with van der Waals surface area (Å²) < 4.78 is 1.98. The van der Waals surface area contributed by atoms with Crippen LogP contribution in [-0.2, 0) is 19.5 Å². The largest absolute Gasteiger partial charge is 0.384 e. The fourth-order valence-corrected chi connectivity index (χ4v) is 2.56. The van der Waals surface area contributed by atoms with Gasteiger partial charge in [0.1, 0.15) is 0 Å². The van der Waals surface area contributed by atoms with E-state index in [0.717, 1.165) is 32.6 Å². The average Bonchev–Trinajstić information content (AvgIpc) is 3.03. The standard InChI is InChI=1S/C15H20N4/c1-12-9-18-19(11-12)8-7-16-10-14-4-2-3-13-5-6-17-15(13)14/h2-4,9,11,16-17H,5-8,10H2,1H3. The molecule has 0 saturated carbocycles. The number of para-hydroxylation sites is 1. The van der Waals surface area contributed by atoms with E-state index in [-0.39, 0.29) is 0 Å². The molecule has 19 heavy (non-hydrogen) atoms. The zero-order valence-corrected chi connectivity index (χ0v) is 11.3. The first-order valence-electron chi connectivity index (χ1n) is 6.87. The molecule has 0 radical (unpaired) electrons. The number of benzene rings is 1. The van der Waals surface area contributed by atoms with E-state index >= 15 is 0 Å². The molecule has 0 amide bonds. The molecule has 100 valence electrons. The van der Waals surface area contributed by atoms with Crippen LogP contribution in [0.25, 0.3) is 0 Å². The SMILES string of the molecule is Cc1cnn(CCNCc2cccc3c2NCC3)c1. The summed E-state index contributed by atoms with van der Waals surface area (Å²) >= 11 is 0. The van der Waals surface area contributed by atoms with Crippen LogP contribution in [0.1, 0.15) is 16.7 Å². The Morgan fingerprint density at radius 3 is 3.21 bits per heavy atom. The topological polar surface area (TPSA) is 41.9 Å². The lowest BCUT2D eigenvalue weighted by molar-refractivity contribution is 0.555. The molecule has 0 aliphatic carbocycles. The van der Waals surface area contributed by atoms with Crippen LogP contribution in [0.3, 0.4) is 0 Å². The summed E-state index contributed by atoms with van der Waals surface area (Å²) in [5, 5.41) is 11.2. The molecule has 0 unspecified atom stereocenters. The molecule has 0 spiro atoms. The minimum absolute atomic E-state index is 0.913. The molecule has 2 heterocycles. The number of aryl methyl sites for hydroxylation is 1. The van der Waals surface area contributed by atoms with Gasteiger partial charge in [-0.2, -0.15) is 5.10 Å². The van der Waals surface area contributed by atoms with Crippen LogP contribution in [0.2, 0.25) is 0 Å². The molecule has 1 aliphatic rings. The van der Waals surface area contributed by atoms with Crippen LogP contribution in [0.5, 0.6) is 0 Å². The van der Waals surface area contributed by atoms with Gasteiger partial charge in [0.25, 0.3) is 0 Å². The lowest BCUT2D eigenvalue weighted by atomic mass is 10.1. The molecule has 3 rings (SSSR count). The third-order valence-electron chi connectivity index (χ3n) is 3.53. The van der Waals surface area contributed by atoms with Gasteiger partial charge in [0.15, 0.2) is 0 Å². The van der Waals surface area contributed by atoms with Gasteiger partial charge in [0.05, 0.1) is 12.7 Å². The van der Waals surface area contributed by atoms with Gasteiger partial charge in [-0.3, -0.25) is 4.68 Å². The summed E-state index contributed by atoms with van der Waals surface area (Å²) in [7, 11) is 0. The van der Waals surface area contributed by atoms with Crippen molar-refractivity contribution in [1.82, 2.24) is 15.1 Å². The second-order valence-corrected chi connectivity index (χ2v) is 5.09. The van der Waals surface area contributed by atoms with E-state index in [2.05, 4.69) is 47.1 Å². The highest BCUT2D eigenvalue weighted by molar-refractivity contribution is 5.61. The van der Waals surface area contributed by atoms with E-state index in [1.807, 2.05) is 10.9 Å². The lowest BCUT2D eigenvalue weighted by Crippen LogP contribution is -2.20. The number of hydrogen-bond donors (Lipinski definition) is 2. The van der Waals surface area contributed by atoms with Crippen molar-refractivity contribution >= 4 is 5.69 Å². The number of fused-ring (bicyclic) bond motifs is 1. The van der Waals surface area contributed by atoms with Crippen molar-refractivity contribution < 1.29 is 0 Å². The Morgan fingerprint density at radius 1 is 1.42 bits per heavy atom. The van der Waals surface area contributed by atoms with Gasteiger partial charge in [-0.1, -0.05) is 18.2 Å². The Morgan fingerprint density at radius 2 is 2.37 bits per heavy atom. The van der Waals surface area contributed by atoms with Gasteiger partial charge in [-0.25, -0.2) is 0 Å². The van der Waals surface area contributed by atoms with E-state index in [9.17, 15) is 0 Å². The van der Waals surface area contributed by atoms with Crippen molar-refractivity contribution in [3.63, 3.8) is 0 Å². The molecule has 1 aliphatic heterocycles. The van der Waals surface area contributed by atoms with Crippen molar-refractivity contribution in [2.75, 3.05) is 18.4 Å². The van der Waals surface area contributed by atoms with Crippen LogP contribution < -0.4 is 10.6 Å². The number of aromatic nitrogens is 2. The van der Waals surface area contributed by atoms with Crippen molar-refractivity contribution in [2.45, 2.75) is 26.4 Å². The number of hydrogen-bond acceptors (Lipinski definition) is 3. The first kappa shape index (κ1) is 12.2. The molecule has 2 N–H and O–H groups in total. The molecule has 1 aromatic heterocycles. The lowest BCUT2D eigenvalue weighted by Gasteiger charge is -2.10. The van der Waals surface area contributed by atoms with Crippen molar-refractivity contribution in [1.29, 1.82) is 0 Å². The van der Waals surface area contributed by atoms with Crippen LogP contribution in [0.15, 0.2) is 30.6 Å². The Balaban J connectivity index is 1.52. The van der Waals surface area contributed by atoms with E-state index in [4.69, 9.17) is 0 Å². The fraction of sp³-hybridized carbons (Fsp3) is 0.400. The van der Waals surface area contributed by atoms with Crippen LogP contribution in [0.4, 0.5) is 5.69 Å². The summed E-state index contributed by atoms with van der Waals surface area (Å²) in [6.07, 6.45) is 5.12. The highest BCUT2D eigenvalue weighted by atomic mass is 15.3. The number of rotatable bonds is 5. The monoisotopic (exact) mass is 256 g/mol. The van der Waals surface area contributed by atoms with Gasteiger partial charge in [-0.15, -0.1) is 0 Å². The second-order valence-electron chi connectivity index (χ2n) is 5.09. The van der Waals surface area contributed by atoms with E-state index in [1.165, 1.54) is 22.4 Å². The van der Waals surface area contributed by atoms with E-state index in [1.54, 1.807) is 0 Å². The summed E-state index contributed by atoms with van der Waals surface area (Å²) in [4.78, 5) is 0. The molecule has 0 bridgehead atoms. The average molecular weight is 256 g/mol. The third-order valence-corrected chi connectivity index (χ3v) is 3.53. The molecule has 0 atom stereocenters. The Bertz CT molecular complexity index is 559. The molecule has 2 aromatic rings. The molecule has 4 nitrogen and oxygen atoms in total. The predicted octanol–water partition coefficient (Wildman–Crippen LogP) is 1.95. The first-order valence-corrected chi connectivity index (χ1v) is 6.87. The molecular formula is C15H20N4. The van der Waals surface area contributed by atoms with E-state index in [0.29, 0.717) is 0 Å². The van der Waals surface area contributed by atoms with Crippen molar-refractivity contribution in [3.8, 4) is 0 Å². The maximum Gasteiger partial charge on any atom is 0.0534 e. The number of nitrogens with zero attached hydrogens (tertiary/aromatic N) is 2. The fourth-order valence-electron chi connectivity index (χ4n) is 2.56. The quantitative estimate of drug-likeness (QED) is 0.803. The normalized spacial score (nSPS) is 13.3. The number of nitrogens with one attached hydrogen (secondary N) is 2. The number of anilines is 1. The second kappa shape index (κ2) is 5.45.